The maximum atomic E-state index is 12.7. The molecule has 31 heavy (non-hydrogen) atoms. The minimum absolute atomic E-state index is 0.0233. The Morgan fingerprint density at radius 1 is 0.903 bits per heavy atom. The molecule has 0 spiro atoms. The molecule has 2 aliphatic rings. The van der Waals surface area contributed by atoms with E-state index in [1.807, 2.05) is 35.2 Å². The molecule has 0 fully saturated rings. The number of anilines is 1. The molecule has 3 aromatic carbocycles. The maximum Gasteiger partial charge on any atom is 0.224 e. The first-order chi connectivity index (χ1) is 14.8. The van der Waals surface area contributed by atoms with Gasteiger partial charge in [0.2, 0.25) is 5.91 Å². The number of hydrogen-bond acceptors (Lipinski definition) is 2. The SMILES string of the molecule is CC(=O)N1CC2=C(c3ccccc3)c3cc(C(C)(C)C)ccc3C2=Nc2ccccc21. The lowest BCUT2D eigenvalue weighted by atomic mass is 9.84. The van der Waals surface area contributed by atoms with E-state index >= 15 is 0 Å². The standard InChI is InChI=1S/C28H26N2O/c1-18(31)30-17-23-26(19-10-6-5-7-11-19)22-16-20(28(2,3)4)14-15-21(22)27(23)29-24-12-8-9-13-25(24)30/h5-16H,17H2,1-4H3. The van der Waals surface area contributed by atoms with Gasteiger partial charge in [-0.25, -0.2) is 4.99 Å². The maximum absolute atomic E-state index is 12.7. The molecule has 1 amide bonds. The summed E-state index contributed by atoms with van der Waals surface area (Å²) in [6.45, 7) is 8.85. The summed E-state index contributed by atoms with van der Waals surface area (Å²) in [5.74, 6) is 0.0233. The summed E-state index contributed by atoms with van der Waals surface area (Å²) < 4.78 is 0. The average molecular weight is 407 g/mol. The molecular formula is C28H26N2O. The molecule has 0 saturated carbocycles. The Hall–Kier alpha value is -3.46. The highest BCUT2D eigenvalue weighted by molar-refractivity contribution is 6.27. The van der Waals surface area contributed by atoms with Gasteiger partial charge in [-0.2, -0.15) is 0 Å². The fraction of sp³-hybridized carbons (Fsp3) is 0.214. The minimum atomic E-state index is 0.0233. The van der Waals surface area contributed by atoms with E-state index in [-0.39, 0.29) is 11.3 Å². The van der Waals surface area contributed by atoms with Crippen molar-refractivity contribution >= 4 is 28.6 Å². The van der Waals surface area contributed by atoms with E-state index in [1.54, 1.807) is 6.92 Å². The number of fused-ring (bicyclic) bond motifs is 4. The van der Waals surface area contributed by atoms with Gasteiger partial charge in [-0.3, -0.25) is 4.79 Å². The molecule has 154 valence electrons. The number of rotatable bonds is 1. The lowest BCUT2D eigenvalue weighted by molar-refractivity contribution is -0.116. The van der Waals surface area contributed by atoms with Crippen LogP contribution in [0.5, 0.6) is 0 Å². The first-order valence-corrected chi connectivity index (χ1v) is 10.7. The van der Waals surface area contributed by atoms with Crippen molar-refractivity contribution in [1.82, 2.24) is 0 Å². The first kappa shape index (κ1) is 19.5. The minimum Gasteiger partial charge on any atom is -0.306 e. The zero-order valence-electron chi connectivity index (χ0n) is 18.4. The van der Waals surface area contributed by atoms with Crippen LogP contribution in [-0.2, 0) is 10.2 Å². The molecule has 0 radical (unpaired) electrons. The second-order valence-corrected chi connectivity index (χ2v) is 9.28. The smallest absolute Gasteiger partial charge is 0.224 e. The van der Waals surface area contributed by atoms with Crippen molar-refractivity contribution in [1.29, 1.82) is 0 Å². The molecule has 3 aromatic rings. The van der Waals surface area contributed by atoms with Gasteiger partial charge in [-0.1, -0.05) is 75.4 Å². The Kier molecular flexibility index (Phi) is 4.44. The molecule has 0 N–H and O–H groups in total. The fourth-order valence-corrected chi connectivity index (χ4v) is 4.52. The summed E-state index contributed by atoms with van der Waals surface area (Å²) >= 11 is 0. The summed E-state index contributed by atoms with van der Waals surface area (Å²) in [5, 5.41) is 0. The number of benzene rings is 3. The third-order valence-electron chi connectivity index (χ3n) is 6.16. The van der Waals surface area contributed by atoms with Gasteiger partial charge in [0.25, 0.3) is 0 Å². The number of amides is 1. The highest BCUT2D eigenvalue weighted by Crippen LogP contribution is 2.44. The molecule has 0 atom stereocenters. The second kappa shape index (κ2) is 7.05. The summed E-state index contributed by atoms with van der Waals surface area (Å²) in [7, 11) is 0. The van der Waals surface area contributed by atoms with Crippen molar-refractivity contribution in [3.63, 3.8) is 0 Å². The molecule has 0 bridgehead atoms. The zero-order chi connectivity index (χ0) is 21.8. The molecule has 0 aromatic heterocycles. The van der Waals surface area contributed by atoms with Crippen molar-refractivity contribution in [3.05, 3.63) is 101 Å². The van der Waals surface area contributed by atoms with Crippen LogP contribution in [0.1, 0.15) is 49.9 Å². The largest absolute Gasteiger partial charge is 0.306 e. The molecule has 1 aliphatic heterocycles. The predicted octanol–water partition coefficient (Wildman–Crippen LogP) is 6.29. The Balaban J connectivity index is 1.83. The van der Waals surface area contributed by atoms with Crippen molar-refractivity contribution in [2.45, 2.75) is 33.1 Å². The molecule has 1 heterocycles. The van der Waals surface area contributed by atoms with Gasteiger partial charge in [0.1, 0.15) is 0 Å². The molecule has 0 unspecified atom stereocenters. The zero-order valence-corrected chi connectivity index (χ0v) is 18.4. The van der Waals surface area contributed by atoms with Gasteiger partial charge in [-0.05, 0) is 45.9 Å². The van der Waals surface area contributed by atoms with Crippen molar-refractivity contribution in [2.75, 3.05) is 11.4 Å². The second-order valence-electron chi connectivity index (χ2n) is 9.28. The van der Waals surface area contributed by atoms with Crippen molar-refractivity contribution in [3.8, 4) is 0 Å². The summed E-state index contributed by atoms with van der Waals surface area (Å²) in [6.07, 6.45) is 0. The summed E-state index contributed by atoms with van der Waals surface area (Å²) in [5.41, 5.74) is 9.81. The number of hydrogen-bond donors (Lipinski definition) is 0. The molecular weight excluding hydrogens is 380 g/mol. The van der Waals surface area contributed by atoms with Crippen LogP contribution in [-0.4, -0.2) is 18.2 Å². The third kappa shape index (κ3) is 3.21. The van der Waals surface area contributed by atoms with E-state index in [9.17, 15) is 4.79 Å². The van der Waals surface area contributed by atoms with Gasteiger partial charge >= 0.3 is 0 Å². The number of carbonyl (C=O) groups excluding carboxylic acids is 1. The van der Waals surface area contributed by atoms with Gasteiger partial charge in [0.15, 0.2) is 0 Å². The number of carbonyl (C=O) groups is 1. The van der Waals surface area contributed by atoms with Gasteiger partial charge in [0.05, 0.1) is 23.6 Å². The van der Waals surface area contributed by atoms with Crippen LogP contribution in [0.3, 0.4) is 0 Å². The third-order valence-corrected chi connectivity index (χ3v) is 6.16. The normalized spacial score (nSPS) is 15.1. The van der Waals surface area contributed by atoms with Gasteiger partial charge in [0, 0.05) is 18.1 Å². The quantitative estimate of drug-likeness (QED) is 0.468. The number of aliphatic imine (C=N–C) groups is 1. The van der Waals surface area contributed by atoms with Gasteiger partial charge < -0.3 is 4.90 Å². The topological polar surface area (TPSA) is 32.7 Å². The highest BCUT2D eigenvalue weighted by atomic mass is 16.2. The van der Waals surface area contributed by atoms with Gasteiger partial charge in [-0.15, -0.1) is 0 Å². The van der Waals surface area contributed by atoms with Crippen molar-refractivity contribution < 1.29 is 4.79 Å². The summed E-state index contributed by atoms with van der Waals surface area (Å²) in [4.78, 5) is 19.6. The van der Waals surface area contributed by atoms with Crippen LogP contribution in [0, 0.1) is 0 Å². The molecule has 3 heteroatoms. The van der Waals surface area contributed by atoms with E-state index in [0.717, 1.165) is 33.8 Å². The van der Waals surface area contributed by atoms with Crippen LogP contribution >= 0.6 is 0 Å². The highest BCUT2D eigenvalue weighted by Gasteiger charge is 2.34. The average Bonchev–Trinajstić information content (AvgIpc) is 2.93. The van der Waals surface area contributed by atoms with E-state index in [2.05, 4.69) is 63.2 Å². The molecule has 5 rings (SSSR count). The first-order valence-electron chi connectivity index (χ1n) is 10.7. The van der Waals surface area contributed by atoms with E-state index in [4.69, 9.17) is 4.99 Å². The lowest BCUT2D eigenvalue weighted by Crippen LogP contribution is -2.31. The Labute approximate surface area is 183 Å². The fourth-order valence-electron chi connectivity index (χ4n) is 4.52. The van der Waals surface area contributed by atoms with Crippen LogP contribution in [0.4, 0.5) is 11.4 Å². The Morgan fingerprint density at radius 3 is 2.32 bits per heavy atom. The van der Waals surface area contributed by atoms with E-state index in [0.29, 0.717) is 6.54 Å². The number of nitrogens with zero attached hydrogens (tertiary/aromatic N) is 2. The molecule has 1 aliphatic carbocycles. The van der Waals surface area contributed by atoms with E-state index < -0.39 is 0 Å². The monoisotopic (exact) mass is 406 g/mol. The molecule has 3 nitrogen and oxygen atoms in total. The van der Waals surface area contributed by atoms with Crippen molar-refractivity contribution in [2.24, 2.45) is 4.99 Å². The Bertz CT molecular complexity index is 1260. The van der Waals surface area contributed by atoms with Crippen LogP contribution in [0.2, 0.25) is 0 Å². The van der Waals surface area contributed by atoms with Crippen LogP contribution in [0.15, 0.2) is 83.4 Å². The van der Waals surface area contributed by atoms with Crippen LogP contribution in [0.25, 0.3) is 5.57 Å². The Morgan fingerprint density at radius 2 is 1.61 bits per heavy atom. The summed E-state index contributed by atoms with van der Waals surface area (Å²) in [6, 6.07) is 25.1. The number of para-hydroxylation sites is 2. The van der Waals surface area contributed by atoms with Crippen LogP contribution < -0.4 is 4.90 Å². The lowest BCUT2D eigenvalue weighted by Gasteiger charge is -2.22. The van der Waals surface area contributed by atoms with E-state index in [1.165, 1.54) is 16.7 Å². The predicted molar refractivity (Wildman–Crippen MR) is 128 cm³/mol. The molecule has 0 saturated heterocycles.